The highest BCUT2D eigenvalue weighted by atomic mass is 16.1. The summed E-state index contributed by atoms with van der Waals surface area (Å²) >= 11 is 0. The van der Waals surface area contributed by atoms with E-state index in [2.05, 4.69) is 17.0 Å². The highest BCUT2D eigenvalue weighted by Crippen LogP contribution is 2.20. The molecule has 1 fully saturated rings. The number of benzene rings is 1. The van der Waals surface area contributed by atoms with Crippen molar-refractivity contribution in [3.8, 4) is 0 Å². The van der Waals surface area contributed by atoms with Gasteiger partial charge in [0.2, 0.25) is 0 Å². The number of ketones is 1. The third kappa shape index (κ3) is 2.33. The predicted molar refractivity (Wildman–Crippen MR) is 65.1 cm³/mol. The lowest BCUT2D eigenvalue weighted by Crippen LogP contribution is -2.46. The van der Waals surface area contributed by atoms with E-state index in [4.69, 9.17) is 0 Å². The van der Waals surface area contributed by atoms with Crippen LogP contribution in [0.4, 0.5) is 0 Å². The van der Waals surface area contributed by atoms with Crippen LogP contribution in [-0.2, 0) is 11.3 Å². The van der Waals surface area contributed by atoms with E-state index < -0.39 is 0 Å². The van der Waals surface area contributed by atoms with Crippen LogP contribution in [0.5, 0.6) is 0 Å². The molecule has 0 amide bonds. The molecule has 0 aliphatic carbocycles. The fourth-order valence-corrected chi connectivity index (χ4v) is 2.32. The maximum absolute atomic E-state index is 11.9. The Morgan fingerprint density at radius 1 is 1.25 bits per heavy atom. The van der Waals surface area contributed by atoms with Crippen LogP contribution in [-0.4, -0.2) is 23.3 Å². The molecule has 0 N–H and O–H groups in total. The molecule has 1 aromatic carbocycles. The molecular formula is C14H19NO. The largest absolute Gasteiger partial charge is 0.298 e. The molecule has 1 saturated heterocycles. The molecule has 2 nitrogen and oxygen atoms in total. The van der Waals surface area contributed by atoms with Crippen molar-refractivity contribution < 1.29 is 4.79 Å². The lowest BCUT2D eigenvalue weighted by molar-refractivity contribution is -0.130. The zero-order valence-corrected chi connectivity index (χ0v) is 10.0. The second-order valence-electron chi connectivity index (χ2n) is 4.72. The second-order valence-corrected chi connectivity index (χ2v) is 4.72. The van der Waals surface area contributed by atoms with Gasteiger partial charge in [0.05, 0.1) is 6.04 Å². The van der Waals surface area contributed by atoms with Gasteiger partial charge in [-0.25, -0.2) is 0 Å². The van der Waals surface area contributed by atoms with Crippen molar-refractivity contribution in [1.29, 1.82) is 0 Å². The van der Waals surface area contributed by atoms with Crippen molar-refractivity contribution >= 4 is 5.78 Å². The van der Waals surface area contributed by atoms with E-state index in [1.54, 1.807) is 0 Å². The lowest BCUT2D eigenvalue weighted by Gasteiger charge is -2.35. The average molecular weight is 217 g/mol. The van der Waals surface area contributed by atoms with Gasteiger partial charge in [-0.05, 0) is 25.5 Å². The van der Waals surface area contributed by atoms with E-state index >= 15 is 0 Å². The van der Waals surface area contributed by atoms with Crippen molar-refractivity contribution in [2.75, 3.05) is 6.54 Å². The van der Waals surface area contributed by atoms with Crippen LogP contribution in [0, 0.1) is 5.92 Å². The van der Waals surface area contributed by atoms with Gasteiger partial charge in [-0.1, -0.05) is 37.3 Å². The van der Waals surface area contributed by atoms with Crippen molar-refractivity contribution in [3.63, 3.8) is 0 Å². The summed E-state index contributed by atoms with van der Waals surface area (Å²) in [5.41, 5.74) is 1.29. The monoisotopic (exact) mass is 217 g/mol. The first-order valence-electron chi connectivity index (χ1n) is 6.00. The standard InChI is InChI=1S/C14H19NO/c1-11-8-9-15(12(2)14(11)16)10-13-6-4-3-5-7-13/h3-7,11-12H,8-10H2,1-2H3/t11-,12+/m0/s1. The van der Waals surface area contributed by atoms with Crippen molar-refractivity contribution in [2.45, 2.75) is 32.9 Å². The first kappa shape index (κ1) is 11.3. The van der Waals surface area contributed by atoms with E-state index in [0.29, 0.717) is 5.78 Å². The number of Topliss-reactive ketones (excluding diaryl/α,β-unsaturated/α-hetero) is 1. The summed E-state index contributed by atoms with van der Waals surface area (Å²) in [7, 11) is 0. The molecule has 2 atom stereocenters. The van der Waals surface area contributed by atoms with E-state index in [-0.39, 0.29) is 12.0 Å². The SMILES string of the molecule is C[C@@H]1C(=O)[C@@H](C)CCN1Cc1ccccc1. The number of hydrogen-bond donors (Lipinski definition) is 0. The number of carbonyl (C=O) groups excluding carboxylic acids is 1. The summed E-state index contributed by atoms with van der Waals surface area (Å²) in [6.07, 6.45) is 0.996. The molecule has 0 aromatic heterocycles. The van der Waals surface area contributed by atoms with Gasteiger partial charge in [0.1, 0.15) is 0 Å². The van der Waals surface area contributed by atoms with Crippen LogP contribution in [0.25, 0.3) is 0 Å². The number of likely N-dealkylation sites (tertiary alicyclic amines) is 1. The summed E-state index contributed by atoms with van der Waals surface area (Å²) in [5, 5.41) is 0. The molecule has 1 aromatic rings. The van der Waals surface area contributed by atoms with Gasteiger partial charge >= 0.3 is 0 Å². The number of rotatable bonds is 2. The zero-order valence-electron chi connectivity index (χ0n) is 10.0. The first-order chi connectivity index (χ1) is 7.68. The number of hydrogen-bond acceptors (Lipinski definition) is 2. The Morgan fingerprint density at radius 3 is 2.62 bits per heavy atom. The Morgan fingerprint density at radius 2 is 1.94 bits per heavy atom. The summed E-state index contributed by atoms with van der Waals surface area (Å²) < 4.78 is 0. The van der Waals surface area contributed by atoms with Crippen molar-refractivity contribution in [2.24, 2.45) is 5.92 Å². The van der Waals surface area contributed by atoms with Gasteiger partial charge in [0.15, 0.2) is 5.78 Å². The Kier molecular flexibility index (Phi) is 3.39. The molecule has 0 bridgehead atoms. The van der Waals surface area contributed by atoms with Crippen LogP contribution in [0.2, 0.25) is 0 Å². The van der Waals surface area contributed by atoms with E-state index in [1.165, 1.54) is 5.56 Å². The van der Waals surface area contributed by atoms with Crippen molar-refractivity contribution in [1.82, 2.24) is 4.90 Å². The van der Waals surface area contributed by atoms with E-state index in [9.17, 15) is 4.79 Å². The van der Waals surface area contributed by atoms with Gasteiger partial charge in [-0.15, -0.1) is 0 Å². The van der Waals surface area contributed by atoms with Gasteiger partial charge in [-0.2, -0.15) is 0 Å². The van der Waals surface area contributed by atoms with Crippen molar-refractivity contribution in [3.05, 3.63) is 35.9 Å². The van der Waals surface area contributed by atoms with Gasteiger partial charge in [0.25, 0.3) is 0 Å². The minimum Gasteiger partial charge on any atom is -0.298 e. The van der Waals surface area contributed by atoms with E-state index in [1.807, 2.05) is 32.0 Å². The minimum absolute atomic E-state index is 0.0731. The first-order valence-corrected chi connectivity index (χ1v) is 6.00. The molecule has 0 spiro atoms. The summed E-state index contributed by atoms with van der Waals surface area (Å²) in [5.74, 6) is 0.629. The number of carbonyl (C=O) groups is 1. The van der Waals surface area contributed by atoms with Gasteiger partial charge < -0.3 is 0 Å². The Balaban J connectivity index is 2.03. The molecule has 1 heterocycles. The molecule has 0 radical (unpaired) electrons. The maximum atomic E-state index is 11.9. The fourth-order valence-electron chi connectivity index (χ4n) is 2.32. The molecular weight excluding hydrogens is 198 g/mol. The molecule has 2 rings (SSSR count). The van der Waals surface area contributed by atoms with Crippen LogP contribution in [0.3, 0.4) is 0 Å². The maximum Gasteiger partial charge on any atom is 0.152 e. The van der Waals surface area contributed by atoms with Gasteiger partial charge in [0, 0.05) is 12.5 Å². The van der Waals surface area contributed by atoms with Gasteiger partial charge in [-0.3, -0.25) is 9.69 Å². The highest BCUT2D eigenvalue weighted by Gasteiger charge is 2.30. The topological polar surface area (TPSA) is 20.3 Å². The zero-order chi connectivity index (χ0) is 11.5. The molecule has 0 unspecified atom stereocenters. The quantitative estimate of drug-likeness (QED) is 0.758. The van der Waals surface area contributed by atoms with Crippen LogP contribution >= 0.6 is 0 Å². The Hall–Kier alpha value is -1.15. The minimum atomic E-state index is 0.0731. The third-order valence-corrected chi connectivity index (χ3v) is 3.52. The second kappa shape index (κ2) is 4.79. The smallest absolute Gasteiger partial charge is 0.152 e. The van der Waals surface area contributed by atoms with Crippen LogP contribution in [0.1, 0.15) is 25.8 Å². The lowest BCUT2D eigenvalue weighted by atomic mass is 9.91. The normalized spacial score (nSPS) is 27.0. The molecule has 86 valence electrons. The summed E-state index contributed by atoms with van der Waals surface area (Å²) in [6.45, 7) is 5.99. The molecule has 1 aliphatic heterocycles. The average Bonchev–Trinajstić information content (AvgIpc) is 2.31. The number of nitrogens with zero attached hydrogens (tertiary/aromatic N) is 1. The number of piperidine rings is 1. The molecule has 0 saturated carbocycles. The highest BCUT2D eigenvalue weighted by molar-refractivity contribution is 5.86. The summed E-state index contributed by atoms with van der Waals surface area (Å²) in [6, 6.07) is 10.4. The Bertz CT molecular complexity index is 360. The molecule has 2 heteroatoms. The van der Waals surface area contributed by atoms with Crippen LogP contribution < -0.4 is 0 Å². The fraction of sp³-hybridized carbons (Fsp3) is 0.500. The van der Waals surface area contributed by atoms with Crippen LogP contribution in [0.15, 0.2) is 30.3 Å². The Labute approximate surface area is 97.3 Å². The third-order valence-electron chi connectivity index (χ3n) is 3.52. The predicted octanol–water partition coefficient (Wildman–Crippen LogP) is 2.49. The molecule has 1 aliphatic rings. The summed E-state index contributed by atoms with van der Waals surface area (Å²) in [4.78, 5) is 14.2. The molecule has 16 heavy (non-hydrogen) atoms. The van der Waals surface area contributed by atoms with E-state index in [0.717, 1.165) is 19.5 Å².